The van der Waals surface area contributed by atoms with E-state index >= 15 is 0 Å². The van der Waals surface area contributed by atoms with Crippen LogP contribution in [0.3, 0.4) is 0 Å². The molecule has 1 N–H and O–H groups in total. The lowest BCUT2D eigenvalue weighted by Gasteiger charge is -2.38. The third kappa shape index (κ3) is 3.41. The second-order valence-electron chi connectivity index (χ2n) is 7.62. The number of pyridine rings is 1. The standard InChI is InChI=1S/C22H23FN4S2/c1-3-27-8-4-5-14(13(27)2)20-9-15-17(6-7-24-22(15)29-20)26-18-11-19-21(10-16(18)23)28-12-25-19/h6-7,9-14H,3-5,8H2,1-2H3,(H,24,26)/t13-,14?/m0/s1. The van der Waals surface area contributed by atoms with Gasteiger partial charge in [-0.25, -0.2) is 14.4 Å². The van der Waals surface area contributed by atoms with Crippen LogP contribution >= 0.6 is 22.7 Å². The normalized spacial score (nSPS) is 20.5. The molecule has 0 saturated carbocycles. The lowest BCUT2D eigenvalue weighted by atomic mass is 9.89. The van der Waals surface area contributed by atoms with Gasteiger partial charge in [0.25, 0.3) is 0 Å². The Bertz CT molecular complexity index is 1170. The highest BCUT2D eigenvalue weighted by Crippen LogP contribution is 2.40. The van der Waals surface area contributed by atoms with E-state index in [0.717, 1.165) is 32.7 Å². The van der Waals surface area contributed by atoms with Crippen molar-refractivity contribution in [3.63, 3.8) is 0 Å². The van der Waals surface area contributed by atoms with Gasteiger partial charge in [-0.1, -0.05) is 6.92 Å². The second-order valence-corrected chi connectivity index (χ2v) is 9.57. The molecule has 1 saturated heterocycles. The molecule has 0 aliphatic carbocycles. The molecular formula is C22H23FN4S2. The maximum Gasteiger partial charge on any atom is 0.148 e. The Balaban J connectivity index is 1.51. The number of aromatic nitrogens is 2. The fraction of sp³-hybridized carbons (Fsp3) is 0.364. The summed E-state index contributed by atoms with van der Waals surface area (Å²) < 4.78 is 15.5. The number of hydrogen-bond donors (Lipinski definition) is 1. The van der Waals surface area contributed by atoms with Crippen molar-refractivity contribution in [3.05, 3.63) is 46.7 Å². The highest BCUT2D eigenvalue weighted by Gasteiger charge is 2.29. The Morgan fingerprint density at radius 1 is 1.24 bits per heavy atom. The zero-order valence-electron chi connectivity index (χ0n) is 16.5. The molecule has 4 heterocycles. The van der Waals surface area contributed by atoms with Crippen molar-refractivity contribution in [2.75, 3.05) is 18.4 Å². The van der Waals surface area contributed by atoms with E-state index in [1.807, 2.05) is 6.07 Å². The third-order valence-electron chi connectivity index (χ3n) is 6.03. The van der Waals surface area contributed by atoms with Crippen LogP contribution in [-0.4, -0.2) is 34.0 Å². The summed E-state index contributed by atoms with van der Waals surface area (Å²) in [6.07, 6.45) is 4.24. The Hall–Kier alpha value is -2.09. The number of hydrogen-bond acceptors (Lipinski definition) is 6. The first kappa shape index (κ1) is 18.9. The van der Waals surface area contributed by atoms with Crippen LogP contribution in [0.1, 0.15) is 37.5 Å². The summed E-state index contributed by atoms with van der Waals surface area (Å²) in [7, 11) is 0. The number of piperidine rings is 1. The fourth-order valence-corrected chi connectivity index (χ4v) is 6.35. The molecule has 1 aliphatic heterocycles. The maximum absolute atomic E-state index is 14.6. The Morgan fingerprint density at radius 2 is 2.14 bits per heavy atom. The van der Waals surface area contributed by atoms with E-state index in [9.17, 15) is 4.39 Å². The van der Waals surface area contributed by atoms with E-state index in [1.165, 1.54) is 35.6 Å². The third-order valence-corrected chi connectivity index (χ3v) is 8.00. The zero-order valence-corrected chi connectivity index (χ0v) is 18.1. The van der Waals surface area contributed by atoms with Gasteiger partial charge in [0, 0.05) is 28.4 Å². The molecule has 2 atom stereocenters. The van der Waals surface area contributed by atoms with Crippen molar-refractivity contribution in [1.29, 1.82) is 0 Å². The van der Waals surface area contributed by atoms with Crippen LogP contribution in [0.4, 0.5) is 15.8 Å². The van der Waals surface area contributed by atoms with Gasteiger partial charge < -0.3 is 10.2 Å². The molecule has 1 unspecified atom stereocenters. The topological polar surface area (TPSA) is 41.0 Å². The number of benzene rings is 1. The fourth-order valence-electron chi connectivity index (χ4n) is 4.41. The van der Waals surface area contributed by atoms with Gasteiger partial charge in [0.1, 0.15) is 10.6 Å². The lowest BCUT2D eigenvalue weighted by Crippen LogP contribution is -2.41. The van der Waals surface area contributed by atoms with Crippen molar-refractivity contribution in [3.8, 4) is 0 Å². The summed E-state index contributed by atoms with van der Waals surface area (Å²) in [5.41, 5.74) is 3.90. The largest absolute Gasteiger partial charge is 0.352 e. The van der Waals surface area contributed by atoms with Gasteiger partial charge >= 0.3 is 0 Å². The number of likely N-dealkylation sites (N-methyl/N-ethyl adjacent to an activating group) is 1. The SMILES string of the molecule is CCN1CCCC(c2cc3c(Nc4cc5ncsc5cc4F)ccnc3s2)[C@@H]1C. The Labute approximate surface area is 177 Å². The van der Waals surface area contributed by atoms with Crippen molar-refractivity contribution in [2.45, 2.75) is 38.6 Å². The molecule has 5 rings (SSSR count). The molecule has 3 aromatic heterocycles. The van der Waals surface area contributed by atoms with E-state index in [1.54, 1.807) is 35.2 Å². The van der Waals surface area contributed by atoms with Crippen LogP contribution in [-0.2, 0) is 0 Å². The van der Waals surface area contributed by atoms with E-state index in [0.29, 0.717) is 17.6 Å². The zero-order chi connectivity index (χ0) is 20.0. The van der Waals surface area contributed by atoms with Gasteiger partial charge in [-0.3, -0.25) is 0 Å². The number of thiophene rings is 1. The Morgan fingerprint density at radius 3 is 3.00 bits per heavy atom. The van der Waals surface area contributed by atoms with Gasteiger partial charge in [-0.15, -0.1) is 22.7 Å². The molecule has 7 heteroatoms. The minimum absolute atomic E-state index is 0.262. The monoisotopic (exact) mass is 426 g/mol. The van der Waals surface area contributed by atoms with E-state index in [2.05, 4.69) is 40.1 Å². The molecule has 1 aliphatic rings. The smallest absolute Gasteiger partial charge is 0.148 e. The molecule has 29 heavy (non-hydrogen) atoms. The number of nitrogens with one attached hydrogen (secondary N) is 1. The highest BCUT2D eigenvalue weighted by molar-refractivity contribution is 7.18. The van der Waals surface area contributed by atoms with Crippen molar-refractivity contribution in [1.82, 2.24) is 14.9 Å². The number of halogens is 1. The van der Waals surface area contributed by atoms with Crippen molar-refractivity contribution in [2.24, 2.45) is 0 Å². The molecule has 150 valence electrons. The lowest BCUT2D eigenvalue weighted by molar-refractivity contribution is 0.148. The summed E-state index contributed by atoms with van der Waals surface area (Å²) in [4.78, 5) is 13.8. The molecule has 0 radical (unpaired) electrons. The first-order valence-corrected chi connectivity index (χ1v) is 11.8. The van der Waals surface area contributed by atoms with Crippen LogP contribution in [0.15, 0.2) is 36.0 Å². The Kier molecular flexibility index (Phi) is 4.97. The van der Waals surface area contributed by atoms with Gasteiger partial charge in [-0.05, 0) is 57.1 Å². The van der Waals surface area contributed by atoms with Gasteiger partial charge in [0.2, 0.25) is 0 Å². The minimum Gasteiger partial charge on any atom is -0.352 e. The summed E-state index contributed by atoms with van der Waals surface area (Å²) >= 11 is 3.22. The molecule has 1 aromatic carbocycles. The van der Waals surface area contributed by atoms with Crippen LogP contribution in [0.5, 0.6) is 0 Å². The first-order chi connectivity index (χ1) is 14.1. The van der Waals surface area contributed by atoms with Crippen LogP contribution < -0.4 is 5.32 Å². The number of likely N-dealkylation sites (tertiary alicyclic amines) is 1. The van der Waals surface area contributed by atoms with Crippen LogP contribution in [0.2, 0.25) is 0 Å². The summed E-state index contributed by atoms with van der Waals surface area (Å²) in [6.45, 7) is 6.85. The van der Waals surface area contributed by atoms with Gasteiger partial charge in [-0.2, -0.15) is 0 Å². The summed E-state index contributed by atoms with van der Waals surface area (Å²) in [5.74, 6) is 0.264. The number of anilines is 2. The summed E-state index contributed by atoms with van der Waals surface area (Å²) in [6, 6.07) is 8.04. The number of thiazole rings is 1. The van der Waals surface area contributed by atoms with Gasteiger partial charge in [0.05, 0.1) is 27.1 Å². The first-order valence-electron chi connectivity index (χ1n) is 10.1. The van der Waals surface area contributed by atoms with Crippen molar-refractivity contribution >= 4 is 54.5 Å². The highest BCUT2D eigenvalue weighted by atomic mass is 32.1. The second kappa shape index (κ2) is 7.63. The van der Waals surface area contributed by atoms with E-state index in [-0.39, 0.29) is 5.82 Å². The van der Waals surface area contributed by atoms with E-state index < -0.39 is 0 Å². The number of rotatable bonds is 4. The average molecular weight is 427 g/mol. The van der Waals surface area contributed by atoms with Crippen molar-refractivity contribution < 1.29 is 4.39 Å². The van der Waals surface area contributed by atoms with E-state index in [4.69, 9.17) is 0 Å². The number of nitrogens with zero attached hydrogens (tertiary/aromatic N) is 3. The molecule has 1 fully saturated rings. The summed E-state index contributed by atoms with van der Waals surface area (Å²) in [5, 5.41) is 4.35. The molecule has 4 nitrogen and oxygen atoms in total. The minimum atomic E-state index is -0.262. The average Bonchev–Trinajstić information content (AvgIpc) is 3.35. The predicted molar refractivity (Wildman–Crippen MR) is 121 cm³/mol. The maximum atomic E-state index is 14.6. The molecule has 0 spiro atoms. The molecular weight excluding hydrogens is 403 g/mol. The quantitative estimate of drug-likeness (QED) is 0.411. The predicted octanol–water partition coefficient (Wildman–Crippen LogP) is 6.38. The molecule has 0 amide bonds. The van der Waals surface area contributed by atoms with Crippen LogP contribution in [0, 0.1) is 5.82 Å². The molecule has 4 aromatic rings. The molecule has 0 bridgehead atoms. The number of fused-ring (bicyclic) bond motifs is 2. The van der Waals surface area contributed by atoms with Gasteiger partial charge in [0.15, 0.2) is 0 Å². The van der Waals surface area contributed by atoms with Crippen LogP contribution in [0.25, 0.3) is 20.4 Å².